The van der Waals surface area contributed by atoms with Gasteiger partial charge in [0.05, 0.1) is 0 Å². The van der Waals surface area contributed by atoms with Crippen LogP contribution in [0.25, 0.3) is 0 Å². The van der Waals surface area contributed by atoms with E-state index in [9.17, 15) is 14.4 Å². The summed E-state index contributed by atoms with van der Waals surface area (Å²) in [6.45, 7) is 0.509. The van der Waals surface area contributed by atoms with Gasteiger partial charge in [-0.2, -0.15) is 0 Å². The van der Waals surface area contributed by atoms with Crippen LogP contribution in [-0.4, -0.2) is 30.9 Å². The first-order valence-electron chi connectivity index (χ1n) is 8.91. The van der Waals surface area contributed by atoms with Crippen molar-refractivity contribution < 1.29 is 19.1 Å². The molecule has 0 aliphatic heterocycles. The first-order chi connectivity index (χ1) is 13.2. The van der Waals surface area contributed by atoms with E-state index in [1.165, 1.54) is 0 Å². The smallest absolute Gasteiger partial charge is 0.408 e. The van der Waals surface area contributed by atoms with Crippen LogP contribution >= 0.6 is 0 Å². The first-order valence-corrected chi connectivity index (χ1v) is 8.91. The number of carbonyl (C=O) groups is 3. The molecule has 0 radical (unpaired) electrons. The van der Waals surface area contributed by atoms with Crippen molar-refractivity contribution in [3.63, 3.8) is 0 Å². The maximum Gasteiger partial charge on any atom is 0.408 e. The number of amides is 2. The van der Waals surface area contributed by atoms with Gasteiger partial charge in [-0.25, -0.2) is 4.79 Å². The molecule has 2 aromatic rings. The van der Waals surface area contributed by atoms with Crippen molar-refractivity contribution in [2.45, 2.75) is 31.9 Å². The van der Waals surface area contributed by atoms with E-state index < -0.39 is 12.1 Å². The molecule has 0 bridgehead atoms. The van der Waals surface area contributed by atoms with Crippen LogP contribution in [0.1, 0.15) is 24.0 Å². The fraction of sp³-hybridized carbons (Fsp3) is 0.286. The number of alkyl carbamates (subject to hydrolysis) is 1. The Kier molecular flexibility index (Phi) is 8.56. The van der Waals surface area contributed by atoms with E-state index in [0.29, 0.717) is 25.8 Å². The molecule has 1 unspecified atom stereocenters. The zero-order valence-electron chi connectivity index (χ0n) is 15.1. The summed E-state index contributed by atoms with van der Waals surface area (Å²) in [6.07, 6.45) is 1.46. The number of hydrogen-bond acceptors (Lipinski definition) is 4. The number of aldehydes is 1. The highest BCUT2D eigenvalue weighted by Crippen LogP contribution is 2.05. The molecule has 2 aromatic carbocycles. The lowest BCUT2D eigenvalue weighted by Gasteiger charge is -2.18. The van der Waals surface area contributed by atoms with E-state index in [1.54, 1.807) is 0 Å². The molecule has 0 heterocycles. The third-order valence-electron chi connectivity index (χ3n) is 3.90. The fourth-order valence-electron chi connectivity index (χ4n) is 2.49. The molecule has 1 atom stereocenters. The zero-order chi connectivity index (χ0) is 19.3. The lowest BCUT2D eigenvalue weighted by molar-refractivity contribution is -0.123. The summed E-state index contributed by atoms with van der Waals surface area (Å²) < 4.78 is 5.21. The molecule has 0 spiro atoms. The van der Waals surface area contributed by atoms with Gasteiger partial charge in [-0.05, 0) is 17.5 Å². The molecule has 6 nitrogen and oxygen atoms in total. The first kappa shape index (κ1) is 20.2. The third kappa shape index (κ3) is 7.73. The largest absolute Gasteiger partial charge is 0.445 e. The minimum absolute atomic E-state index is 0.131. The maximum absolute atomic E-state index is 12.5. The van der Waals surface area contributed by atoms with Crippen molar-refractivity contribution in [3.8, 4) is 0 Å². The van der Waals surface area contributed by atoms with Crippen LogP contribution in [0.3, 0.4) is 0 Å². The second-order valence-electron chi connectivity index (χ2n) is 6.05. The number of ether oxygens (including phenoxy) is 1. The molecule has 142 valence electrons. The third-order valence-corrected chi connectivity index (χ3v) is 3.90. The fourth-order valence-corrected chi connectivity index (χ4v) is 2.49. The van der Waals surface area contributed by atoms with Gasteiger partial charge in [0.1, 0.15) is 18.9 Å². The zero-order valence-corrected chi connectivity index (χ0v) is 15.1. The molecule has 0 aromatic heterocycles. The Balaban J connectivity index is 1.92. The molecular weight excluding hydrogens is 344 g/mol. The van der Waals surface area contributed by atoms with Crippen LogP contribution in [0.2, 0.25) is 0 Å². The monoisotopic (exact) mass is 368 g/mol. The van der Waals surface area contributed by atoms with E-state index in [0.717, 1.165) is 17.4 Å². The van der Waals surface area contributed by atoms with Gasteiger partial charge in [0.2, 0.25) is 5.91 Å². The van der Waals surface area contributed by atoms with Gasteiger partial charge < -0.3 is 20.2 Å². The summed E-state index contributed by atoms with van der Waals surface area (Å²) in [5, 5.41) is 5.38. The second-order valence-corrected chi connectivity index (χ2v) is 6.05. The van der Waals surface area contributed by atoms with E-state index in [1.807, 2.05) is 60.7 Å². The molecule has 2 amide bonds. The van der Waals surface area contributed by atoms with Crippen LogP contribution in [0, 0.1) is 0 Å². The van der Waals surface area contributed by atoms with Gasteiger partial charge in [0.25, 0.3) is 0 Å². The molecule has 0 saturated carbocycles. The summed E-state index contributed by atoms with van der Waals surface area (Å²) in [5.74, 6) is -0.304. The van der Waals surface area contributed by atoms with Crippen LogP contribution in [0.5, 0.6) is 0 Å². The number of nitrogens with one attached hydrogen (secondary N) is 2. The molecule has 27 heavy (non-hydrogen) atoms. The SMILES string of the molecule is O=CCCCNC(=O)C(Cc1ccccc1)NC(=O)OCc1ccccc1. The van der Waals surface area contributed by atoms with E-state index in [4.69, 9.17) is 4.74 Å². The summed E-state index contributed by atoms with van der Waals surface area (Å²) in [4.78, 5) is 35.0. The average Bonchev–Trinajstić information content (AvgIpc) is 2.70. The van der Waals surface area contributed by atoms with Gasteiger partial charge in [0.15, 0.2) is 0 Å². The average molecular weight is 368 g/mol. The number of benzene rings is 2. The molecule has 0 fully saturated rings. The van der Waals surface area contributed by atoms with Crippen LogP contribution in [0.4, 0.5) is 4.79 Å². The number of hydrogen-bond donors (Lipinski definition) is 2. The van der Waals surface area contributed by atoms with Crippen molar-refractivity contribution >= 4 is 18.3 Å². The summed E-state index contributed by atoms with van der Waals surface area (Å²) >= 11 is 0. The van der Waals surface area contributed by atoms with E-state index >= 15 is 0 Å². The highest BCUT2D eigenvalue weighted by Gasteiger charge is 2.21. The predicted octanol–water partition coefficient (Wildman–Crippen LogP) is 2.62. The standard InChI is InChI=1S/C21H24N2O4/c24-14-8-7-13-22-20(25)19(15-17-9-3-1-4-10-17)23-21(26)27-16-18-11-5-2-6-12-18/h1-6,9-12,14,19H,7-8,13,15-16H2,(H,22,25)(H,23,26). The minimum Gasteiger partial charge on any atom is -0.445 e. The molecule has 0 aliphatic carbocycles. The summed E-state index contributed by atoms with van der Waals surface area (Å²) in [7, 11) is 0. The quantitative estimate of drug-likeness (QED) is 0.499. The Labute approximate surface area is 158 Å². The van der Waals surface area contributed by atoms with Crippen molar-refractivity contribution in [2.24, 2.45) is 0 Å². The Hall–Kier alpha value is -3.15. The highest BCUT2D eigenvalue weighted by molar-refractivity contribution is 5.85. The lowest BCUT2D eigenvalue weighted by Crippen LogP contribution is -2.48. The predicted molar refractivity (Wildman–Crippen MR) is 102 cm³/mol. The van der Waals surface area contributed by atoms with E-state index in [-0.39, 0.29) is 12.5 Å². The Bertz CT molecular complexity index is 719. The summed E-state index contributed by atoms with van der Waals surface area (Å²) in [5.41, 5.74) is 1.79. The van der Waals surface area contributed by atoms with Crippen molar-refractivity contribution in [1.29, 1.82) is 0 Å². The van der Waals surface area contributed by atoms with Crippen LogP contribution in [-0.2, 0) is 27.4 Å². The van der Waals surface area contributed by atoms with Gasteiger partial charge in [-0.15, -0.1) is 0 Å². The highest BCUT2D eigenvalue weighted by atomic mass is 16.5. The topological polar surface area (TPSA) is 84.5 Å². The van der Waals surface area contributed by atoms with Crippen molar-refractivity contribution in [1.82, 2.24) is 10.6 Å². The molecular formula is C21H24N2O4. The van der Waals surface area contributed by atoms with Crippen molar-refractivity contribution in [2.75, 3.05) is 6.54 Å². The Morgan fingerprint density at radius 2 is 1.59 bits per heavy atom. The molecule has 6 heteroatoms. The molecule has 2 N–H and O–H groups in total. The molecule has 0 saturated heterocycles. The van der Waals surface area contributed by atoms with Gasteiger partial charge in [0, 0.05) is 19.4 Å². The van der Waals surface area contributed by atoms with Gasteiger partial charge in [-0.3, -0.25) is 4.79 Å². The van der Waals surface area contributed by atoms with Crippen LogP contribution in [0.15, 0.2) is 60.7 Å². The second kappa shape index (κ2) is 11.5. The number of unbranched alkanes of at least 4 members (excludes halogenated alkanes) is 1. The Morgan fingerprint density at radius 1 is 0.963 bits per heavy atom. The molecule has 2 rings (SSSR count). The number of rotatable bonds is 10. The van der Waals surface area contributed by atoms with Crippen LogP contribution < -0.4 is 10.6 Å². The normalized spacial score (nSPS) is 11.3. The van der Waals surface area contributed by atoms with E-state index in [2.05, 4.69) is 10.6 Å². The number of carbonyl (C=O) groups excluding carboxylic acids is 3. The van der Waals surface area contributed by atoms with Gasteiger partial charge >= 0.3 is 6.09 Å². The maximum atomic E-state index is 12.5. The Morgan fingerprint density at radius 3 is 2.22 bits per heavy atom. The minimum atomic E-state index is -0.757. The van der Waals surface area contributed by atoms with Gasteiger partial charge in [-0.1, -0.05) is 60.7 Å². The van der Waals surface area contributed by atoms with Crippen molar-refractivity contribution in [3.05, 3.63) is 71.8 Å². The lowest BCUT2D eigenvalue weighted by atomic mass is 10.1. The summed E-state index contributed by atoms with van der Waals surface area (Å²) in [6, 6.07) is 18.0. The molecule has 0 aliphatic rings.